The van der Waals surface area contributed by atoms with Crippen LogP contribution >= 0.6 is 0 Å². The molecule has 2 heteroatoms. The Morgan fingerprint density at radius 3 is 1.94 bits per heavy atom. The maximum atomic E-state index is 10.6. The van der Waals surface area contributed by atoms with E-state index in [0.29, 0.717) is 13.0 Å². The average molecular weight is 238 g/mol. The maximum Gasteiger partial charge on any atom is 0.133 e. The molecule has 0 atom stereocenters. The predicted octanol–water partition coefficient (Wildman–Crippen LogP) is 4.41. The van der Waals surface area contributed by atoms with Crippen molar-refractivity contribution in [3.63, 3.8) is 0 Å². The lowest BCUT2D eigenvalue weighted by Gasteiger charge is -2.04. The number of aryl methyl sites for hydroxylation is 1. The number of benzene rings is 1. The summed E-state index contributed by atoms with van der Waals surface area (Å²) >= 11 is 0. The number of ether oxygens (including phenoxy) is 1. The molecule has 0 saturated heterocycles. The van der Waals surface area contributed by atoms with E-state index in [9.17, 15) is 4.79 Å². The van der Waals surface area contributed by atoms with Crippen LogP contribution in [0.5, 0.6) is 5.75 Å². The summed E-state index contributed by atoms with van der Waals surface area (Å²) in [5, 5.41) is 0. The maximum absolute atomic E-state index is 10.6. The van der Waals surface area contributed by atoms with Crippen molar-refractivity contribution in [2.75, 3.05) is 6.61 Å². The van der Waals surface area contributed by atoms with Gasteiger partial charge in [0.05, 0.1) is 6.61 Å². The lowest BCUT2D eigenvalue weighted by molar-refractivity contribution is -0.117. The van der Waals surface area contributed by atoms with Crippen molar-refractivity contribution in [3.8, 4) is 5.75 Å². The van der Waals surface area contributed by atoms with Crippen LogP contribution in [-0.2, 0) is 4.79 Å². The third-order valence-electron chi connectivity index (χ3n) is 1.74. The highest BCUT2D eigenvalue weighted by Gasteiger charge is 1.95. The molecule has 17 heavy (non-hydrogen) atoms. The van der Waals surface area contributed by atoms with E-state index in [1.165, 1.54) is 5.56 Å². The zero-order chi connectivity index (χ0) is 13.7. The van der Waals surface area contributed by atoms with E-state index >= 15 is 0 Å². The molecule has 2 nitrogen and oxygen atoms in total. The minimum Gasteiger partial charge on any atom is -0.493 e. The Morgan fingerprint density at radius 2 is 1.53 bits per heavy atom. The van der Waals surface area contributed by atoms with Gasteiger partial charge in [0, 0.05) is 6.42 Å². The Hall–Kier alpha value is -1.31. The first-order valence-electron chi connectivity index (χ1n) is 6.37. The Kier molecular flexibility index (Phi) is 13.6. The largest absolute Gasteiger partial charge is 0.493 e. The minimum atomic E-state index is 0.159. The minimum absolute atomic E-state index is 0.159. The lowest BCUT2D eigenvalue weighted by atomic mass is 10.2. The summed E-state index contributed by atoms with van der Waals surface area (Å²) < 4.78 is 5.35. The van der Waals surface area contributed by atoms with Crippen LogP contribution in [0, 0.1) is 6.92 Å². The van der Waals surface area contributed by atoms with Gasteiger partial charge in [-0.2, -0.15) is 0 Å². The van der Waals surface area contributed by atoms with Crippen LogP contribution < -0.4 is 4.74 Å². The highest BCUT2D eigenvalue weighted by atomic mass is 16.5. The summed E-state index contributed by atoms with van der Waals surface area (Å²) in [5.74, 6) is 0.985. The van der Waals surface area contributed by atoms with Crippen molar-refractivity contribution >= 4 is 5.78 Å². The summed E-state index contributed by atoms with van der Waals surface area (Å²) in [5.41, 5.74) is 1.21. The quantitative estimate of drug-likeness (QED) is 0.777. The number of ketones is 1. The first-order valence-corrected chi connectivity index (χ1v) is 6.37. The number of rotatable bonds is 4. The molecular weight excluding hydrogens is 212 g/mol. The normalized spacial score (nSPS) is 8.12. The van der Waals surface area contributed by atoms with E-state index in [1.54, 1.807) is 6.92 Å². The van der Waals surface area contributed by atoms with Crippen LogP contribution in [-0.4, -0.2) is 12.4 Å². The van der Waals surface area contributed by atoms with Crippen LogP contribution in [0.1, 0.15) is 46.6 Å². The van der Waals surface area contributed by atoms with Crippen molar-refractivity contribution in [1.82, 2.24) is 0 Å². The second-order valence-electron chi connectivity index (χ2n) is 3.11. The van der Waals surface area contributed by atoms with E-state index in [4.69, 9.17) is 4.74 Å². The van der Waals surface area contributed by atoms with Crippen molar-refractivity contribution < 1.29 is 9.53 Å². The second-order valence-corrected chi connectivity index (χ2v) is 3.11. The van der Waals surface area contributed by atoms with Gasteiger partial charge >= 0.3 is 0 Å². The van der Waals surface area contributed by atoms with E-state index in [1.807, 2.05) is 58.9 Å². The fraction of sp³-hybridized carbons (Fsp3) is 0.533. The van der Waals surface area contributed by atoms with Gasteiger partial charge < -0.3 is 4.74 Å². The number of hydrogen-bond donors (Lipinski definition) is 0. The molecule has 98 valence electrons. The summed E-state index contributed by atoms with van der Waals surface area (Å²) in [6.45, 7) is 12.1. The number of Topliss-reactive ketones (excluding diaryl/α,β-unsaturated/α-hetero) is 1. The first-order chi connectivity index (χ1) is 8.18. The fourth-order valence-corrected chi connectivity index (χ4v) is 0.947. The van der Waals surface area contributed by atoms with Crippen LogP contribution in [0.4, 0.5) is 0 Å². The molecule has 0 amide bonds. The molecule has 0 aromatic heterocycles. The molecule has 0 saturated carbocycles. The Balaban J connectivity index is 0. The molecule has 1 aromatic rings. The number of carbonyl (C=O) groups is 1. The predicted molar refractivity (Wildman–Crippen MR) is 74.7 cm³/mol. The van der Waals surface area contributed by atoms with Gasteiger partial charge in [-0.3, -0.25) is 4.79 Å². The molecule has 0 aliphatic carbocycles. The Morgan fingerprint density at radius 1 is 1.06 bits per heavy atom. The van der Waals surface area contributed by atoms with Gasteiger partial charge in [0.15, 0.2) is 0 Å². The van der Waals surface area contributed by atoms with Crippen LogP contribution in [0.3, 0.4) is 0 Å². The molecule has 1 rings (SSSR count). The van der Waals surface area contributed by atoms with Crippen molar-refractivity contribution in [2.45, 2.75) is 48.0 Å². The van der Waals surface area contributed by atoms with E-state index in [0.717, 1.165) is 5.75 Å². The molecule has 0 N–H and O–H groups in total. The van der Waals surface area contributed by atoms with Crippen LogP contribution in [0.25, 0.3) is 0 Å². The molecule has 1 aromatic carbocycles. The molecule has 0 aliphatic heterocycles. The topological polar surface area (TPSA) is 26.3 Å². The third-order valence-corrected chi connectivity index (χ3v) is 1.74. The van der Waals surface area contributed by atoms with E-state index in [-0.39, 0.29) is 5.78 Å². The fourth-order valence-electron chi connectivity index (χ4n) is 0.947. The zero-order valence-electron chi connectivity index (χ0n) is 12.0. The molecule has 0 bridgehead atoms. The van der Waals surface area contributed by atoms with Crippen molar-refractivity contribution in [2.24, 2.45) is 0 Å². The highest BCUT2D eigenvalue weighted by Crippen LogP contribution is 2.11. The number of hydrogen-bond acceptors (Lipinski definition) is 2. The third kappa shape index (κ3) is 11.0. The average Bonchev–Trinajstić information content (AvgIpc) is 2.36. The van der Waals surface area contributed by atoms with E-state index in [2.05, 4.69) is 0 Å². The van der Waals surface area contributed by atoms with Gasteiger partial charge in [0.1, 0.15) is 11.5 Å². The number of carbonyl (C=O) groups excluding carboxylic acids is 1. The standard InChI is InChI=1S/C11H14O2.2C2H6/c1-9-3-5-11(6-4-9)13-8-7-10(2)12;2*1-2/h3-6H,7-8H2,1-2H3;2*1-2H3. The van der Waals surface area contributed by atoms with E-state index < -0.39 is 0 Å². The van der Waals surface area contributed by atoms with Crippen LogP contribution in [0.2, 0.25) is 0 Å². The lowest BCUT2D eigenvalue weighted by Crippen LogP contribution is -2.02. The smallest absolute Gasteiger partial charge is 0.133 e. The molecule has 0 aliphatic rings. The monoisotopic (exact) mass is 238 g/mol. The van der Waals surface area contributed by atoms with Crippen LogP contribution in [0.15, 0.2) is 24.3 Å². The highest BCUT2D eigenvalue weighted by molar-refractivity contribution is 5.75. The summed E-state index contributed by atoms with van der Waals surface area (Å²) in [4.78, 5) is 10.6. The summed E-state index contributed by atoms with van der Waals surface area (Å²) in [7, 11) is 0. The molecule has 0 spiro atoms. The molecule has 0 fully saturated rings. The summed E-state index contributed by atoms with van der Waals surface area (Å²) in [6, 6.07) is 7.80. The summed E-state index contributed by atoms with van der Waals surface area (Å²) in [6.07, 6.45) is 0.480. The SMILES string of the molecule is CC.CC.CC(=O)CCOc1ccc(C)cc1. The zero-order valence-corrected chi connectivity index (χ0v) is 12.0. The Labute approximate surface area is 106 Å². The van der Waals surface area contributed by atoms with Gasteiger partial charge in [-0.1, -0.05) is 45.4 Å². The molecule has 0 unspecified atom stereocenters. The Bertz CT molecular complexity index is 275. The molecule has 0 radical (unpaired) electrons. The molecular formula is C15H26O2. The van der Waals surface area contributed by atoms with Gasteiger partial charge in [-0.15, -0.1) is 0 Å². The van der Waals surface area contributed by atoms with Gasteiger partial charge in [0.2, 0.25) is 0 Å². The molecule has 0 heterocycles. The van der Waals surface area contributed by atoms with Gasteiger partial charge in [-0.25, -0.2) is 0 Å². The van der Waals surface area contributed by atoms with Gasteiger partial charge in [-0.05, 0) is 26.0 Å². The van der Waals surface area contributed by atoms with Gasteiger partial charge in [0.25, 0.3) is 0 Å². The second kappa shape index (κ2) is 12.8. The van der Waals surface area contributed by atoms with Crippen molar-refractivity contribution in [3.05, 3.63) is 29.8 Å². The van der Waals surface area contributed by atoms with Crippen molar-refractivity contribution in [1.29, 1.82) is 0 Å². The first kappa shape index (κ1) is 18.1.